The fraction of sp³-hybridized carbons (Fsp3) is 0.562. The summed E-state index contributed by atoms with van der Waals surface area (Å²) in [4.78, 5) is 14.2. The summed E-state index contributed by atoms with van der Waals surface area (Å²) in [5.41, 5.74) is 7.11. The van der Waals surface area contributed by atoms with Gasteiger partial charge in [0.05, 0.1) is 19.2 Å². The highest BCUT2D eigenvalue weighted by atomic mass is 35.5. The van der Waals surface area contributed by atoms with Crippen molar-refractivity contribution in [1.82, 2.24) is 4.90 Å². The lowest BCUT2D eigenvalue weighted by Gasteiger charge is -2.34. The molecule has 0 radical (unpaired) electrons. The molecule has 0 spiro atoms. The number of carbonyl (C=O) groups excluding carboxylic acids is 1. The Morgan fingerprint density at radius 3 is 2.67 bits per heavy atom. The summed E-state index contributed by atoms with van der Waals surface area (Å²) in [6.45, 7) is 5.96. The molecule has 2 rings (SSSR count). The van der Waals surface area contributed by atoms with E-state index in [9.17, 15) is 4.79 Å². The second kappa shape index (κ2) is 8.37. The molecule has 0 aromatic heterocycles. The number of halogens is 1. The Morgan fingerprint density at radius 1 is 1.38 bits per heavy atom. The number of morpholine rings is 1. The molecule has 2 N–H and O–H groups in total. The van der Waals surface area contributed by atoms with Gasteiger partial charge in [0.2, 0.25) is 5.91 Å². The van der Waals surface area contributed by atoms with E-state index >= 15 is 0 Å². The van der Waals surface area contributed by atoms with Gasteiger partial charge < -0.3 is 15.4 Å². The molecule has 1 aromatic carbocycles. The summed E-state index contributed by atoms with van der Waals surface area (Å²) in [6.07, 6.45) is 0.687. The van der Waals surface area contributed by atoms with Crippen LogP contribution in [0.5, 0.6) is 0 Å². The van der Waals surface area contributed by atoms with Crippen molar-refractivity contribution in [3.05, 3.63) is 35.9 Å². The van der Waals surface area contributed by atoms with Crippen molar-refractivity contribution < 1.29 is 9.53 Å². The third kappa shape index (κ3) is 4.99. The standard InChI is InChI=1S/C16H24N2O2.ClH/c1-12(2)10-14(17)16(19)18-8-9-20-15(11-18)13-6-4-3-5-7-13;/h3-7,12,14-15H,8-11,17H2,1-2H3;1H/t14-,15?;/m0./s1. The van der Waals surface area contributed by atoms with Crippen LogP contribution < -0.4 is 5.73 Å². The molecule has 0 saturated carbocycles. The van der Waals surface area contributed by atoms with E-state index in [1.165, 1.54) is 0 Å². The molecule has 5 heteroatoms. The predicted octanol–water partition coefficient (Wildman–Crippen LogP) is 2.38. The average molecular weight is 313 g/mol. The minimum Gasteiger partial charge on any atom is -0.370 e. The lowest BCUT2D eigenvalue weighted by atomic mass is 10.0. The molecular weight excluding hydrogens is 288 g/mol. The zero-order valence-electron chi connectivity index (χ0n) is 12.7. The lowest BCUT2D eigenvalue weighted by molar-refractivity contribution is -0.140. The maximum absolute atomic E-state index is 12.4. The van der Waals surface area contributed by atoms with Crippen LogP contribution in [0, 0.1) is 5.92 Å². The van der Waals surface area contributed by atoms with E-state index in [2.05, 4.69) is 13.8 Å². The van der Waals surface area contributed by atoms with Crippen molar-refractivity contribution in [2.24, 2.45) is 11.7 Å². The van der Waals surface area contributed by atoms with Gasteiger partial charge in [0.25, 0.3) is 0 Å². The smallest absolute Gasteiger partial charge is 0.239 e. The van der Waals surface area contributed by atoms with Gasteiger partial charge in [-0.1, -0.05) is 44.2 Å². The first-order valence-electron chi connectivity index (χ1n) is 7.29. The molecule has 0 aliphatic carbocycles. The van der Waals surface area contributed by atoms with Gasteiger partial charge in [-0.2, -0.15) is 0 Å². The Labute approximate surface area is 133 Å². The average Bonchev–Trinajstić information content (AvgIpc) is 2.47. The van der Waals surface area contributed by atoms with Crippen LogP contribution in [0.15, 0.2) is 30.3 Å². The van der Waals surface area contributed by atoms with Gasteiger partial charge in [-0.3, -0.25) is 4.79 Å². The number of benzene rings is 1. The Kier molecular flexibility index (Phi) is 7.15. The molecular formula is C16H25ClN2O2. The zero-order chi connectivity index (χ0) is 14.5. The molecule has 1 aromatic rings. The number of carbonyl (C=O) groups is 1. The maximum atomic E-state index is 12.4. The quantitative estimate of drug-likeness (QED) is 0.928. The largest absolute Gasteiger partial charge is 0.370 e. The van der Waals surface area contributed by atoms with Crippen LogP contribution >= 0.6 is 12.4 Å². The number of amides is 1. The first-order valence-corrected chi connectivity index (χ1v) is 7.29. The molecule has 1 unspecified atom stereocenters. The number of nitrogens with zero attached hydrogens (tertiary/aromatic N) is 1. The Bertz CT molecular complexity index is 439. The van der Waals surface area contributed by atoms with Crippen LogP contribution in [-0.2, 0) is 9.53 Å². The molecule has 4 nitrogen and oxygen atoms in total. The summed E-state index contributed by atoms with van der Waals surface area (Å²) in [7, 11) is 0. The van der Waals surface area contributed by atoms with Gasteiger partial charge in [-0.15, -0.1) is 12.4 Å². The van der Waals surface area contributed by atoms with Gasteiger partial charge >= 0.3 is 0 Å². The van der Waals surface area contributed by atoms with Crippen LogP contribution in [0.3, 0.4) is 0 Å². The number of nitrogens with two attached hydrogens (primary N) is 1. The van der Waals surface area contributed by atoms with Crippen molar-refractivity contribution in [3.8, 4) is 0 Å². The molecule has 1 heterocycles. The van der Waals surface area contributed by atoms with Gasteiger partial charge in [0.1, 0.15) is 6.10 Å². The fourth-order valence-electron chi connectivity index (χ4n) is 2.56. The van der Waals surface area contributed by atoms with Crippen LogP contribution in [-0.4, -0.2) is 36.5 Å². The normalized spacial score (nSPS) is 20.0. The Balaban J connectivity index is 0.00000220. The van der Waals surface area contributed by atoms with E-state index in [0.29, 0.717) is 25.6 Å². The van der Waals surface area contributed by atoms with Crippen LogP contribution in [0.2, 0.25) is 0 Å². The molecule has 21 heavy (non-hydrogen) atoms. The first kappa shape index (κ1) is 18.0. The molecule has 1 aliphatic heterocycles. The molecule has 1 fully saturated rings. The summed E-state index contributed by atoms with van der Waals surface area (Å²) < 4.78 is 5.77. The molecule has 1 aliphatic rings. The zero-order valence-corrected chi connectivity index (χ0v) is 13.5. The minimum atomic E-state index is -0.399. The van der Waals surface area contributed by atoms with Crippen molar-refractivity contribution in [2.75, 3.05) is 19.7 Å². The molecule has 1 amide bonds. The molecule has 2 atom stereocenters. The maximum Gasteiger partial charge on any atom is 0.239 e. The van der Waals surface area contributed by atoms with Gasteiger partial charge in [0.15, 0.2) is 0 Å². The minimum absolute atomic E-state index is 0. The second-order valence-corrected chi connectivity index (χ2v) is 5.79. The van der Waals surface area contributed by atoms with Crippen LogP contribution in [0.4, 0.5) is 0 Å². The monoisotopic (exact) mass is 312 g/mol. The van der Waals surface area contributed by atoms with E-state index in [-0.39, 0.29) is 24.4 Å². The Hall–Kier alpha value is -1.10. The second-order valence-electron chi connectivity index (χ2n) is 5.79. The fourth-order valence-corrected chi connectivity index (χ4v) is 2.56. The van der Waals surface area contributed by atoms with Crippen molar-refractivity contribution >= 4 is 18.3 Å². The highest BCUT2D eigenvalue weighted by molar-refractivity contribution is 5.85. The summed E-state index contributed by atoms with van der Waals surface area (Å²) in [5.74, 6) is 0.475. The van der Waals surface area contributed by atoms with Gasteiger partial charge in [-0.05, 0) is 17.9 Å². The first-order chi connectivity index (χ1) is 9.58. The number of hydrogen-bond acceptors (Lipinski definition) is 3. The predicted molar refractivity (Wildman–Crippen MR) is 86.4 cm³/mol. The summed E-state index contributed by atoms with van der Waals surface area (Å²) in [5, 5.41) is 0. The number of rotatable bonds is 4. The van der Waals surface area contributed by atoms with Crippen molar-refractivity contribution in [1.29, 1.82) is 0 Å². The SMILES string of the molecule is CC(C)C[C@H](N)C(=O)N1CCOC(c2ccccc2)C1.Cl. The third-order valence-corrected chi connectivity index (χ3v) is 3.59. The summed E-state index contributed by atoms with van der Waals surface area (Å²) in [6, 6.07) is 9.63. The van der Waals surface area contributed by atoms with Crippen molar-refractivity contribution in [3.63, 3.8) is 0 Å². The van der Waals surface area contributed by atoms with Crippen molar-refractivity contribution in [2.45, 2.75) is 32.4 Å². The highest BCUT2D eigenvalue weighted by Gasteiger charge is 2.28. The third-order valence-electron chi connectivity index (χ3n) is 3.59. The van der Waals surface area contributed by atoms with E-state index in [1.807, 2.05) is 35.2 Å². The van der Waals surface area contributed by atoms with Gasteiger partial charge in [0, 0.05) is 6.54 Å². The van der Waals surface area contributed by atoms with Crippen LogP contribution in [0.1, 0.15) is 31.9 Å². The Morgan fingerprint density at radius 2 is 2.05 bits per heavy atom. The van der Waals surface area contributed by atoms with Gasteiger partial charge in [-0.25, -0.2) is 0 Å². The lowest BCUT2D eigenvalue weighted by Crippen LogP contribution is -2.49. The summed E-state index contributed by atoms with van der Waals surface area (Å²) >= 11 is 0. The highest BCUT2D eigenvalue weighted by Crippen LogP contribution is 2.22. The number of hydrogen-bond donors (Lipinski definition) is 1. The van der Waals surface area contributed by atoms with E-state index in [0.717, 1.165) is 12.0 Å². The van der Waals surface area contributed by atoms with E-state index in [1.54, 1.807) is 0 Å². The van der Waals surface area contributed by atoms with E-state index in [4.69, 9.17) is 10.5 Å². The topological polar surface area (TPSA) is 55.6 Å². The van der Waals surface area contributed by atoms with E-state index < -0.39 is 6.04 Å². The molecule has 0 bridgehead atoms. The van der Waals surface area contributed by atoms with Crippen LogP contribution in [0.25, 0.3) is 0 Å². The molecule has 118 valence electrons. The molecule has 1 saturated heterocycles. The number of ether oxygens (including phenoxy) is 1.